The highest BCUT2D eigenvalue weighted by molar-refractivity contribution is 5.94. The Hall–Kier alpha value is -1.59. The molecule has 2 N–H and O–H groups in total. The second-order valence-corrected chi connectivity index (χ2v) is 4.97. The molecule has 19 heavy (non-hydrogen) atoms. The second kappa shape index (κ2) is 6.04. The van der Waals surface area contributed by atoms with Crippen molar-refractivity contribution < 1.29 is 14.6 Å². The van der Waals surface area contributed by atoms with Crippen LogP contribution in [0.5, 0.6) is 5.75 Å². The molecule has 0 bridgehead atoms. The van der Waals surface area contributed by atoms with E-state index in [1.807, 2.05) is 7.05 Å². The maximum absolute atomic E-state index is 11.9. The number of hydrogen-bond acceptors (Lipinski definition) is 4. The van der Waals surface area contributed by atoms with Gasteiger partial charge in [-0.05, 0) is 31.7 Å². The van der Waals surface area contributed by atoms with E-state index in [1.165, 1.54) is 6.07 Å². The van der Waals surface area contributed by atoms with Crippen molar-refractivity contribution in [2.24, 2.45) is 0 Å². The molecule has 0 saturated carbocycles. The van der Waals surface area contributed by atoms with Crippen LogP contribution in [0.1, 0.15) is 15.9 Å². The van der Waals surface area contributed by atoms with Crippen LogP contribution in [0.3, 0.4) is 0 Å². The number of nitrogens with one attached hydrogen (secondary N) is 1. The molecule has 5 nitrogen and oxygen atoms in total. The molecule has 104 valence electrons. The topological polar surface area (TPSA) is 61.8 Å². The summed E-state index contributed by atoms with van der Waals surface area (Å²) in [4.78, 5) is 14.1. The number of benzene rings is 1. The summed E-state index contributed by atoms with van der Waals surface area (Å²) in [6.45, 7) is 4.72. The van der Waals surface area contributed by atoms with Gasteiger partial charge >= 0.3 is 0 Å². The van der Waals surface area contributed by atoms with E-state index in [-0.39, 0.29) is 17.8 Å². The molecular formula is C14H20N2O3. The van der Waals surface area contributed by atoms with Crippen LogP contribution in [0, 0.1) is 6.92 Å². The molecule has 1 fully saturated rings. The van der Waals surface area contributed by atoms with E-state index in [4.69, 9.17) is 4.74 Å². The van der Waals surface area contributed by atoms with Crippen molar-refractivity contribution in [3.8, 4) is 5.75 Å². The monoisotopic (exact) mass is 264 g/mol. The Balaban J connectivity index is 1.88. The number of hydrogen-bond donors (Lipinski definition) is 2. The number of carbonyl (C=O) groups excluding carboxylic acids is 1. The molecule has 1 amide bonds. The maximum atomic E-state index is 11.9. The van der Waals surface area contributed by atoms with Gasteiger partial charge in [0.1, 0.15) is 5.75 Å². The van der Waals surface area contributed by atoms with Crippen molar-refractivity contribution in [1.82, 2.24) is 10.2 Å². The summed E-state index contributed by atoms with van der Waals surface area (Å²) >= 11 is 0. The summed E-state index contributed by atoms with van der Waals surface area (Å²) in [6, 6.07) is 4.92. The number of rotatable bonds is 3. The van der Waals surface area contributed by atoms with Crippen molar-refractivity contribution in [2.75, 3.05) is 33.3 Å². The van der Waals surface area contributed by atoms with Crippen LogP contribution in [-0.4, -0.2) is 55.3 Å². The third kappa shape index (κ3) is 3.68. The van der Waals surface area contributed by atoms with Crippen LogP contribution in [-0.2, 0) is 4.74 Å². The van der Waals surface area contributed by atoms with E-state index in [0.717, 1.165) is 18.7 Å². The van der Waals surface area contributed by atoms with Gasteiger partial charge in [-0.15, -0.1) is 0 Å². The molecule has 0 aliphatic carbocycles. The molecule has 1 unspecified atom stereocenters. The van der Waals surface area contributed by atoms with E-state index < -0.39 is 0 Å². The quantitative estimate of drug-likeness (QED) is 0.846. The molecule has 1 aliphatic heterocycles. The largest absolute Gasteiger partial charge is 0.508 e. The molecule has 1 aromatic carbocycles. The average molecular weight is 264 g/mol. The number of likely N-dealkylation sites (N-methyl/N-ethyl adjacent to an activating group) is 1. The standard InChI is InChI=1S/C14H20N2O3/c1-10-3-4-11(7-13(10)17)14(18)15-8-12-9-16(2)5-6-19-12/h3-4,7,12,17H,5-6,8-9H2,1-2H3,(H,15,18). The Morgan fingerprint density at radius 3 is 3.05 bits per heavy atom. The molecule has 1 atom stereocenters. The minimum atomic E-state index is -0.188. The minimum absolute atomic E-state index is 0.0294. The van der Waals surface area contributed by atoms with Gasteiger partial charge in [-0.25, -0.2) is 0 Å². The van der Waals surface area contributed by atoms with E-state index in [1.54, 1.807) is 19.1 Å². The summed E-state index contributed by atoms with van der Waals surface area (Å²) in [6.07, 6.45) is 0.0294. The van der Waals surface area contributed by atoms with E-state index >= 15 is 0 Å². The zero-order valence-corrected chi connectivity index (χ0v) is 11.3. The van der Waals surface area contributed by atoms with Gasteiger partial charge in [-0.2, -0.15) is 0 Å². The lowest BCUT2D eigenvalue weighted by molar-refractivity contribution is -0.0175. The van der Waals surface area contributed by atoms with E-state index in [0.29, 0.717) is 18.7 Å². The summed E-state index contributed by atoms with van der Waals surface area (Å²) in [7, 11) is 2.04. The molecule has 2 rings (SSSR count). The number of morpholine rings is 1. The first kappa shape index (κ1) is 13.8. The van der Waals surface area contributed by atoms with Crippen molar-refractivity contribution in [3.05, 3.63) is 29.3 Å². The molecule has 0 spiro atoms. The molecule has 0 aromatic heterocycles. The van der Waals surface area contributed by atoms with E-state index in [9.17, 15) is 9.90 Å². The van der Waals surface area contributed by atoms with Crippen molar-refractivity contribution >= 4 is 5.91 Å². The lowest BCUT2D eigenvalue weighted by Crippen LogP contribution is -2.45. The lowest BCUT2D eigenvalue weighted by Gasteiger charge is -2.30. The predicted molar refractivity (Wildman–Crippen MR) is 72.4 cm³/mol. The number of amides is 1. The summed E-state index contributed by atoms with van der Waals surface area (Å²) in [5.74, 6) is -0.0478. The molecule has 5 heteroatoms. The van der Waals surface area contributed by atoms with Gasteiger partial charge in [0.15, 0.2) is 0 Å². The Bertz CT molecular complexity index is 462. The first-order valence-corrected chi connectivity index (χ1v) is 6.44. The van der Waals surface area contributed by atoms with Gasteiger partial charge < -0.3 is 20.1 Å². The number of aromatic hydroxyl groups is 1. The first-order valence-electron chi connectivity index (χ1n) is 6.44. The highest BCUT2D eigenvalue weighted by Gasteiger charge is 2.18. The maximum Gasteiger partial charge on any atom is 0.251 e. The number of phenols is 1. The zero-order valence-electron chi connectivity index (χ0n) is 11.3. The molecule has 1 heterocycles. The number of ether oxygens (including phenoxy) is 1. The normalized spacial score (nSPS) is 20.2. The molecule has 1 aliphatic rings. The van der Waals surface area contributed by atoms with Crippen molar-refractivity contribution in [3.63, 3.8) is 0 Å². The second-order valence-electron chi connectivity index (χ2n) is 4.97. The third-order valence-electron chi connectivity index (χ3n) is 3.30. The van der Waals surface area contributed by atoms with Crippen LogP contribution < -0.4 is 5.32 Å². The Labute approximate surface area is 113 Å². The van der Waals surface area contributed by atoms with Crippen molar-refractivity contribution in [1.29, 1.82) is 0 Å². The average Bonchev–Trinajstić information content (AvgIpc) is 2.39. The van der Waals surface area contributed by atoms with Crippen LogP contribution in [0.15, 0.2) is 18.2 Å². The minimum Gasteiger partial charge on any atom is -0.508 e. The van der Waals surface area contributed by atoms with Crippen LogP contribution in [0.4, 0.5) is 0 Å². The van der Waals surface area contributed by atoms with Gasteiger partial charge in [0, 0.05) is 25.2 Å². The first-order chi connectivity index (χ1) is 9.06. The summed E-state index contributed by atoms with van der Waals surface area (Å²) in [5, 5.41) is 12.4. The fourth-order valence-corrected chi connectivity index (χ4v) is 2.05. The van der Waals surface area contributed by atoms with E-state index in [2.05, 4.69) is 10.2 Å². The predicted octanol–water partition coefficient (Wildman–Crippen LogP) is 0.761. The lowest BCUT2D eigenvalue weighted by atomic mass is 10.1. The molecule has 0 radical (unpaired) electrons. The van der Waals surface area contributed by atoms with Gasteiger partial charge in [-0.1, -0.05) is 6.07 Å². The number of phenolic OH excluding ortho intramolecular Hbond substituents is 1. The Kier molecular flexibility index (Phi) is 4.39. The Morgan fingerprint density at radius 1 is 1.58 bits per heavy atom. The highest BCUT2D eigenvalue weighted by Crippen LogP contribution is 2.17. The molecule has 1 saturated heterocycles. The molecule has 1 aromatic rings. The fraction of sp³-hybridized carbons (Fsp3) is 0.500. The zero-order chi connectivity index (χ0) is 13.8. The van der Waals surface area contributed by atoms with Gasteiger partial charge in [-0.3, -0.25) is 4.79 Å². The number of nitrogens with zero attached hydrogens (tertiary/aromatic N) is 1. The SMILES string of the molecule is Cc1ccc(C(=O)NCC2CN(C)CCO2)cc1O. The van der Waals surface area contributed by atoms with Gasteiger partial charge in [0.2, 0.25) is 0 Å². The number of carbonyl (C=O) groups is 1. The van der Waals surface area contributed by atoms with Gasteiger partial charge in [0.25, 0.3) is 5.91 Å². The molecular weight excluding hydrogens is 244 g/mol. The van der Waals surface area contributed by atoms with Crippen LogP contribution >= 0.6 is 0 Å². The van der Waals surface area contributed by atoms with Crippen molar-refractivity contribution in [2.45, 2.75) is 13.0 Å². The highest BCUT2D eigenvalue weighted by atomic mass is 16.5. The summed E-state index contributed by atoms with van der Waals surface area (Å²) in [5.41, 5.74) is 1.22. The fourth-order valence-electron chi connectivity index (χ4n) is 2.05. The third-order valence-corrected chi connectivity index (χ3v) is 3.30. The van der Waals surface area contributed by atoms with Crippen LogP contribution in [0.25, 0.3) is 0 Å². The smallest absolute Gasteiger partial charge is 0.251 e. The van der Waals surface area contributed by atoms with Crippen LogP contribution in [0.2, 0.25) is 0 Å². The summed E-state index contributed by atoms with van der Waals surface area (Å²) < 4.78 is 5.57. The van der Waals surface area contributed by atoms with Gasteiger partial charge in [0.05, 0.1) is 12.7 Å². The Morgan fingerprint density at radius 2 is 2.37 bits per heavy atom. The number of aryl methyl sites for hydroxylation is 1.